The van der Waals surface area contributed by atoms with Crippen molar-refractivity contribution in [3.05, 3.63) is 140 Å². The standard InChI is InChI=1S/C37H24N4.Pt/c1-40-34-16-6-5-15-33(34)39-37(40)28-18-20-31-30-19-17-26(25-10-3-2-4-11-25)23-35(30)41(36(31)24-28)29-13-9-12-27(22-29)32-14-7-8-21-38-32;/h2-21,23H,1H3;/q-2;+2. The van der Waals surface area contributed by atoms with E-state index in [1.54, 1.807) is 0 Å². The fourth-order valence-corrected chi connectivity index (χ4v) is 5.78. The van der Waals surface area contributed by atoms with E-state index in [1.807, 2.05) is 36.5 Å². The van der Waals surface area contributed by atoms with Crippen molar-refractivity contribution in [2.75, 3.05) is 0 Å². The smallest absolute Gasteiger partial charge is 0.367 e. The van der Waals surface area contributed by atoms with Gasteiger partial charge in [0.25, 0.3) is 0 Å². The Kier molecular flexibility index (Phi) is 6.57. The molecular formula is C37H24N4Pt. The zero-order valence-corrected chi connectivity index (χ0v) is 25.0. The van der Waals surface area contributed by atoms with Gasteiger partial charge in [0.05, 0.1) is 16.9 Å². The first-order valence-corrected chi connectivity index (χ1v) is 13.7. The molecule has 0 radical (unpaired) electrons. The summed E-state index contributed by atoms with van der Waals surface area (Å²) in [5, 5.41) is 2.31. The van der Waals surface area contributed by atoms with Crippen molar-refractivity contribution in [2.45, 2.75) is 0 Å². The van der Waals surface area contributed by atoms with Crippen LogP contribution in [0, 0.1) is 12.1 Å². The third kappa shape index (κ3) is 4.27. The molecule has 202 valence electrons. The summed E-state index contributed by atoms with van der Waals surface area (Å²) in [5.74, 6) is 0.890. The largest absolute Gasteiger partial charge is 2.00 e. The zero-order valence-electron chi connectivity index (χ0n) is 22.7. The fraction of sp³-hybridized carbons (Fsp3) is 0.0270. The number of rotatable bonds is 4. The Labute approximate surface area is 258 Å². The molecule has 8 rings (SSSR count). The molecule has 3 heterocycles. The van der Waals surface area contributed by atoms with E-state index in [9.17, 15) is 0 Å². The number of benzene rings is 5. The number of aromatic nitrogens is 4. The van der Waals surface area contributed by atoms with Crippen LogP contribution in [-0.2, 0) is 28.1 Å². The molecule has 42 heavy (non-hydrogen) atoms. The molecule has 0 spiro atoms. The van der Waals surface area contributed by atoms with Crippen molar-refractivity contribution in [3.63, 3.8) is 0 Å². The minimum atomic E-state index is 0. The Morgan fingerprint density at radius 2 is 1.43 bits per heavy atom. The Morgan fingerprint density at radius 1 is 0.619 bits per heavy atom. The van der Waals surface area contributed by atoms with Crippen molar-refractivity contribution in [2.24, 2.45) is 7.05 Å². The summed E-state index contributed by atoms with van der Waals surface area (Å²) in [5.41, 5.74) is 10.2. The third-order valence-corrected chi connectivity index (χ3v) is 7.77. The van der Waals surface area contributed by atoms with Gasteiger partial charge in [-0.3, -0.25) is 4.98 Å². The minimum Gasteiger partial charge on any atom is -0.367 e. The van der Waals surface area contributed by atoms with Crippen LogP contribution in [0.25, 0.3) is 72.3 Å². The van der Waals surface area contributed by atoms with E-state index in [1.165, 1.54) is 16.5 Å². The predicted octanol–water partition coefficient (Wildman–Crippen LogP) is 8.66. The molecule has 0 N–H and O–H groups in total. The predicted molar refractivity (Wildman–Crippen MR) is 167 cm³/mol. The molecule has 5 heteroatoms. The van der Waals surface area contributed by atoms with Gasteiger partial charge in [0.1, 0.15) is 0 Å². The maximum absolute atomic E-state index is 4.96. The van der Waals surface area contributed by atoms with Gasteiger partial charge in [-0.2, -0.15) is 0 Å². The second-order valence-electron chi connectivity index (χ2n) is 10.2. The number of pyridine rings is 1. The van der Waals surface area contributed by atoms with E-state index in [-0.39, 0.29) is 21.1 Å². The Balaban J connectivity index is 0.00000288. The molecule has 0 atom stereocenters. The van der Waals surface area contributed by atoms with Crippen LogP contribution in [0.5, 0.6) is 0 Å². The normalized spacial score (nSPS) is 11.3. The first-order chi connectivity index (χ1) is 20.2. The van der Waals surface area contributed by atoms with Crippen LogP contribution in [0.2, 0.25) is 0 Å². The van der Waals surface area contributed by atoms with Gasteiger partial charge in [0, 0.05) is 18.8 Å². The first kappa shape index (κ1) is 26.1. The van der Waals surface area contributed by atoms with Crippen LogP contribution in [0.15, 0.2) is 128 Å². The maximum Gasteiger partial charge on any atom is 2.00 e. The molecule has 4 nitrogen and oxygen atoms in total. The number of para-hydroxylation sites is 2. The molecular weight excluding hydrogens is 696 g/mol. The number of hydrogen-bond acceptors (Lipinski definition) is 2. The van der Waals surface area contributed by atoms with Crippen LogP contribution in [0.3, 0.4) is 0 Å². The monoisotopic (exact) mass is 719 g/mol. The molecule has 8 aromatic rings. The third-order valence-electron chi connectivity index (χ3n) is 7.77. The summed E-state index contributed by atoms with van der Waals surface area (Å²) in [6, 6.07) is 49.4. The molecule has 0 aliphatic heterocycles. The molecule has 0 saturated carbocycles. The van der Waals surface area contributed by atoms with Gasteiger partial charge in [-0.05, 0) is 57.7 Å². The molecule has 5 aromatic carbocycles. The van der Waals surface area contributed by atoms with Crippen LogP contribution in [-0.4, -0.2) is 19.1 Å². The van der Waals surface area contributed by atoms with Crippen molar-refractivity contribution in [1.82, 2.24) is 19.1 Å². The summed E-state index contributed by atoms with van der Waals surface area (Å²) >= 11 is 0. The SMILES string of the molecule is Cn1c(-c2[c-]c3c(cc2)c2ccc(-c4ccccc4)cc2n3-c2[c-]c(-c3ccccn3)ccc2)nc2ccccc21.[Pt+2]. The minimum absolute atomic E-state index is 0. The van der Waals surface area contributed by atoms with E-state index in [2.05, 4.69) is 124 Å². The maximum atomic E-state index is 4.96. The molecule has 0 amide bonds. The number of aryl methyl sites for hydroxylation is 1. The fourth-order valence-electron chi connectivity index (χ4n) is 5.78. The Morgan fingerprint density at radius 3 is 2.26 bits per heavy atom. The zero-order chi connectivity index (χ0) is 27.3. The van der Waals surface area contributed by atoms with Gasteiger partial charge in [-0.1, -0.05) is 72.1 Å². The number of hydrogen-bond donors (Lipinski definition) is 0. The average molecular weight is 720 g/mol. The van der Waals surface area contributed by atoms with E-state index >= 15 is 0 Å². The van der Waals surface area contributed by atoms with E-state index in [0.717, 1.165) is 55.8 Å². The van der Waals surface area contributed by atoms with Crippen molar-refractivity contribution in [3.8, 4) is 39.5 Å². The first-order valence-electron chi connectivity index (χ1n) is 13.7. The second kappa shape index (κ2) is 10.6. The summed E-state index contributed by atoms with van der Waals surface area (Å²) in [6.45, 7) is 0. The Hall–Kier alpha value is -4.79. The number of fused-ring (bicyclic) bond motifs is 4. The summed E-state index contributed by atoms with van der Waals surface area (Å²) in [4.78, 5) is 9.53. The van der Waals surface area contributed by atoms with Gasteiger partial charge < -0.3 is 14.1 Å². The van der Waals surface area contributed by atoms with E-state index < -0.39 is 0 Å². The van der Waals surface area contributed by atoms with Crippen molar-refractivity contribution >= 4 is 32.8 Å². The number of nitrogens with zero attached hydrogens (tertiary/aromatic N) is 4. The van der Waals surface area contributed by atoms with Crippen LogP contribution >= 0.6 is 0 Å². The quantitative estimate of drug-likeness (QED) is 0.171. The van der Waals surface area contributed by atoms with Gasteiger partial charge in [0.2, 0.25) is 0 Å². The van der Waals surface area contributed by atoms with Gasteiger partial charge in [-0.15, -0.1) is 53.6 Å². The number of imidazole rings is 1. The molecule has 0 aliphatic carbocycles. The van der Waals surface area contributed by atoms with Gasteiger partial charge in [0.15, 0.2) is 0 Å². The summed E-state index contributed by atoms with van der Waals surface area (Å²) in [7, 11) is 2.06. The molecule has 0 unspecified atom stereocenters. The second-order valence-corrected chi connectivity index (χ2v) is 10.2. The van der Waals surface area contributed by atoms with Crippen LogP contribution in [0.4, 0.5) is 0 Å². The summed E-state index contributed by atoms with van der Waals surface area (Å²) in [6.07, 6.45) is 1.82. The average Bonchev–Trinajstić information content (AvgIpc) is 3.55. The van der Waals surface area contributed by atoms with Crippen molar-refractivity contribution < 1.29 is 21.1 Å². The molecule has 0 bridgehead atoms. The molecule has 0 saturated heterocycles. The topological polar surface area (TPSA) is 35.6 Å². The van der Waals surface area contributed by atoms with E-state index in [0.29, 0.717) is 0 Å². The van der Waals surface area contributed by atoms with E-state index in [4.69, 9.17) is 4.98 Å². The van der Waals surface area contributed by atoms with Crippen LogP contribution in [0.1, 0.15) is 0 Å². The van der Waals surface area contributed by atoms with Crippen molar-refractivity contribution in [1.29, 1.82) is 0 Å². The van der Waals surface area contributed by atoms with Gasteiger partial charge in [-0.25, -0.2) is 0 Å². The summed E-state index contributed by atoms with van der Waals surface area (Å²) < 4.78 is 4.41. The Bertz CT molecular complexity index is 2210. The van der Waals surface area contributed by atoms with Crippen LogP contribution < -0.4 is 0 Å². The molecule has 0 aliphatic rings. The van der Waals surface area contributed by atoms with Gasteiger partial charge >= 0.3 is 21.1 Å². The molecule has 0 fully saturated rings. The molecule has 3 aromatic heterocycles.